The van der Waals surface area contributed by atoms with Crippen LogP contribution in [0.25, 0.3) is 10.9 Å². The summed E-state index contributed by atoms with van der Waals surface area (Å²) in [5.41, 5.74) is 0.505. The van der Waals surface area contributed by atoms with E-state index in [4.69, 9.17) is 0 Å². The van der Waals surface area contributed by atoms with E-state index >= 15 is 0 Å². The number of aromatic nitrogens is 2. The zero-order valence-electron chi connectivity index (χ0n) is 17.3. The second kappa shape index (κ2) is 9.62. The van der Waals surface area contributed by atoms with Crippen molar-refractivity contribution >= 4 is 34.3 Å². The summed E-state index contributed by atoms with van der Waals surface area (Å²) < 4.78 is 1.33. The number of rotatable bonds is 8. The fourth-order valence-corrected chi connectivity index (χ4v) is 3.70. The van der Waals surface area contributed by atoms with Crippen molar-refractivity contribution < 1.29 is 14.4 Å². The smallest absolute Gasteiger partial charge is 0.262 e. The lowest BCUT2D eigenvalue weighted by Gasteiger charge is -2.24. The quantitative estimate of drug-likeness (QED) is 0.444. The molecule has 9 heteroatoms. The van der Waals surface area contributed by atoms with Gasteiger partial charge in [-0.15, -0.1) is 0 Å². The van der Waals surface area contributed by atoms with E-state index in [-0.39, 0.29) is 30.2 Å². The van der Waals surface area contributed by atoms with E-state index in [2.05, 4.69) is 20.9 Å². The number of hydrogen-bond donors (Lipinski definition) is 3. The Morgan fingerprint density at radius 2 is 2.03 bits per heavy atom. The number of anilines is 1. The molecule has 1 aliphatic rings. The van der Waals surface area contributed by atoms with Crippen LogP contribution >= 0.6 is 0 Å². The van der Waals surface area contributed by atoms with E-state index in [1.54, 1.807) is 25.1 Å². The van der Waals surface area contributed by atoms with Crippen LogP contribution in [0.15, 0.2) is 23.0 Å². The number of aryl methyl sites for hydroxylation is 1. The van der Waals surface area contributed by atoms with E-state index in [9.17, 15) is 19.2 Å². The Labute approximate surface area is 174 Å². The molecule has 1 fully saturated rings. The number of nitrogens with one attached hydrogen (secondary N) is 3. The number of amides is 3. The van der Waals surface area contributed by atoms with E-state index in [0.717, 1.165) is 25.8 Å². The number of hydrogen-bond acceptors (Lipinski definition) is 6. The number of benzene rings is 1. The van der Waals surface area contributed by atoms with Crippen molar-refractivity contribution in [1.29, 1.82) is 0 Å². The summed E-state index contributed by atoms with van der Waals surface area (Å²) in [4.78, 5) is 53.6. The van der Waals surface area contributed by atoms with E-state index in [0.29, 0.717) is 28.8 Å². The summed E-state index contributed by atoms with van der Waals surface area (Å²) in [5.74, 6) is -0.608. The second-order valence-corrected chi connectivity index (χ2v) is 7.47. The van der Waals surface area contributed by atoms with Gasteiger partial charge in [0.05, 0.1) is 11.1 Å². The maximum atomic E-state index is 13.1. The van der Waals surface area contributed by atoms with Gasteiger partial charge in [0.25, 0.3) is 5.56 Å². The predicted octanol–water partition coefficient (Wildman–Crippen LogP) is 1.40. The Kier molecular flexibility index (Phi) is 6.94. The molecule has 1 saturated heterocycles. The van der Waals surface area contributed by atoms with Crippen LogP contribution in [0.2, 0.25) is 0 Å². The average Bonchev–Trinajstić information content (AvgIpc) is 2.70. The highest BCUT2D eigenvalue weighted by Crippen LogP contribution is 2.23. The Morgan fingerprint density at radius 1 is 1.23 bits per heavy atom. The van der Waals surface area contributed by atoms with Crippen molar-refractivity contribution in [3.05, 3.63) is 34.4 Å². The molecule has 1 aromatic carbocycles. The number of fused-ring (bicyclic) bond motifs is 1. The molecule has 9 nitrogen and oxygen atoms in total. The molecule has 0 aliphatic carbocycles. The van der Waals surface area contributed by atoms with Crippen LogP contribution in [0.5, 0.6) is 0 Å². The summed E-state index contributed by atoms with van der Waals surface area (Å²) in [5, 5.41) is 8.52. The molecule has 1 unspecified atom stereocenters. The number of carbonyl (C=O) groups is 3. The summed E-state index contributed by atoms with van der Waals surface area (Å²) in [6.45, 7) is 2.57. The Balaban J connectivity index is 1.84. The van der Waals surface area contributed by atoms with Crippen molar-refractivity contribution in [3.63, 3.8) is 0 Å². The minimum atomic E-state index is -0.775. The van der Waals surface area contributed by atoms with Gasteiger partial charge in [-0.2, -0.15) is 0 Å². The molecule has 1 atom stereocenters. The molecule has 3 rings (SSSR count). The SMILES string of the molecule is CNCCCCCC(=O)Nc1cccc2c(=O)n(C3CCC(=O)NC3=O)c(C)nc12. The monoisotopic (exact) mass is 413 g/mol. The van der Waals surface area contributed by atoms with E-state index in [1.165, 1.54) is 4.57 Å². The van der Waals surface area contributed by atoms with E-state index in [1.807, 2.05) is 7.05 Å². The van der Waals surface area contributed by atoms with Crippen molar-refractivity contribution in [2.45, 2.75) is 51.5 Å². The Morgan fingerprint density at radius 3 is 2.77 bits per heavy atom. The maximum absolute atomic E-state index is 13.1. The van der Waals surface area contributed by atoms with Gasteiger partial charge in [-0.1, -0.05) is 12.5 Å². The fraction of sp³-hybridized carbons (Fsp3) is 0.476. The molecule has 160 valence electrons. The molecule has 0 radical (unpaired) electrons. The van der Waals surface area contributed by atoms with Crippen LogP contribution in [0, 0.1) is 6.92 Å². The number of para-hydroxylation sites is 1. The minimum Gasteiger partial charge on any atom is -0.324 e. The first-order valence-corrected chi connectivity index (χ1v) is 10.2. The summed E-state index contributed by atoms with van der Waals surface area (Å²) in [6.07, 6.45) is 3.57. The van der Waals surface area contributed by atoms with Crippen molar-refractivity contribution in [2.24, 2.45) is 0 Å². The highest BCUT2D eigenvalue weighted by atomic mass is 16.2. The number of piperidine rings is 1. The maximum Gasteiger partial charge on any atom is 0.262 e. The van der Waals surface area contributed by atoms with Gasteiger partial charge in [-0.05, 0) is 51.9 Å². The van der Waals surface area contributed by atoms with Gasteiger partial charge < -0.3 is 10.6 Å². The third-order valence-corrected chi connectivity index (χ3v) is 5.23. The number of nitrogens with zero attached hydrogens (tertiary/aromatic N) is 2. The normalized spacial score (nSPS) is 16.5. The van der Waals surface area contributed by atoms with Crippen molar-refractivity contribution in [2.75, 3.05) is 18.9 Å². The largest absolute Gasteiger partial charge is 0.324 e. The molecular weight excluding hydrogens is 386 g/mol. The first-order chi connectivity index (χ1) is 14.4. The van der Waals surface area contributed by atoms with Gasteiger partial charge in [-0.3, -0.25) is 29.1 Å². The van der Waals surface area contributed by atoms with Gasteiger partial charge in [0, 0.05) is 12.8 Å². The van der Waals surface area contributed by atoms with Gasteiger partial charge in [0.1, 0.15) is 17.4 Å². The van der Waals surface area contributed by atoms with Crippen LogP contribution in [0.1, 0.15) is 50.4 Å². The lowest BCUT2D eigenvalue weighted by Crippen LogP contribution is -2.45. The molecule has 30 heavy (non-hydrogen) atoms. The topological polar surface area (TPSA) is 122 Å². The molecule has 3 amide bonds. The number of unbranched alkanes of at least 4 members (excludes halogenated alkanes) is 2. The fourth-order valence-electron chi connectivity index (χ4n) is 3.70. The third-order valence-electron chi connectivity index (χ3n) is 5.23. The van der Waals surface area contributed by atoms with Gasteiger partial charge in [0.2, 0.25) is 17.7 Å². The minimum absolute atomic E-state index is 0.124. The van der Waals surface area contributed by atoms with Crippen molar-refractivity contribution in [1.82, 2.24) is 20.2 Å². The van der Waals surface area contributed by atoms with Crippen LogP contribution in [0.4, 0.5) is 5.69 Å². The zero-order chi connectivity index (χ0) is 21.7. The molecule has 2 aromatic rings. The first-order valence-electron chi connectivity index (χ1n) is 10.2. The van der Waals surface area contributed by atoms with Gasteiger partial charge in [-0.25, -0.2) is 4.98 Å². The summed E-state index contributed by atoms with van der Waals surface area (Å²) in [6, 6.07) is 4.24. The van der Waals surface area contributed by atoms with Gasteiger partial charge >= 0.3 is 0 Å². The van der Waals surface area contributed by atoms with Crippen LogP contribution in [-0.2, 0) is 14.4 Å². The highest BCUT2D eigenvalue weighted by Gasteiger charge is 2.30. The number of carbonyl (C=O) groups excluding carboxylic acids is 3. The molecule has 3 N–H and O–H groups in total. The van der Waals surface area contributed by atoms with Crippen LogP contribution < -0.4 is 21.5 Å². The molecule has 0 spiro atoms. The van der Waals surface area contributed by atoms with E-state index < -0.39 is 11.9 Å². The predicted molar refractivity (Wildman–Crippen MR) is 113 cm³/mol. The Hall–Kier alpha value is -3.07. The van der Waals surface area contributed by atoms with Crippen molar-refractivity contribution in [3.8, 4) is 0 Å². The molecule has 1 aromatic heterocycles. The zero-order valence-corrected chi connectivity index (χ0v) is 17.3. The average molecular weight is 413 g/mol. The Bertz CT molecular complexity index is 1030. The molecule has 0 saturated carbocycles. The van der Waals surface area contributed by atoms with Gasteiger partial charge in [0.15, 0.2) is 0 Å². The molecule has 1 aliphatic heterocycles. The standard InChI is InChI=1S/C21H27N5O4/c1-13-23-19-14(21(30)26(13)16-10-11-18(28)25-20(16)29)7-6-8-15(19)24-17(27)9-4-3-5-12-22-2/h6-8,16,22H,3-5,9-12H2,1-2H3,(H,24,27)(H,25,28,29). The molecule has 2 heterocycles. The number of imide groups is 1. The van der Waals surface area contributed by atoms with Crippen LogP contribution in [0.3, 0.4) is 0 Å². The third kappa shape index (κ3) is 4.73. The van der Waals surface area contributed by atoms with Crippen LogP contribution in [-0.4, -0.2) is 40.9 Å². The molecule has 0 bridgehead atoms. The first kappa shape index (κ1) is 21.6. The summed E-state index contributed by atoms with van der Waals surface area (Å²) in [7, 11) is 1.90. The lowest BCUT2D eigenvalue weighted by molar-refractivity contribution is -0.135. The summed E-state index contributed by atoms with van der Waals surface area (Å²) >= 11 is 0. The lowest BCUT2D eigenvalue weighted by atomic mass is 10.1. The molecular formula is C21H27N5O4. The second-order valence-electron chi connectivity index (χ2n) is 7.47. The highest BCUT2D eigenvalue weighted by molar-refractivity contribution is 6.01.